The van der Waals surface area contributed by atoms with Gasteiger partial charge in [-0.3, -0.25) is 0 Å². The summed E-state index contributed by atoms with van der Waals surface area (Å²) in [5.41, 5.74) is 7.94. The van der Waals surface area contributed by atoms with E-state index >= 15 is 0 Å². The third kappa shape index (κ3) is 2.32. The molecule has 0 fully saturated rings. The van der Waals surface area contributed by atoms with Crippen LogP contribution in [-0.2, 0) is 0 Å². The van der Waals surface area contributed by atoms with E-state index in [1.165, 1.54) is 0 Å². The Balaban J connectivity index is 2.40. The van der Waals surface area contributed by atoms with Crippen molar-refractivity contribution in [1.29, 1.82) is 0 Å². The van der Waals surface area contributed by atoms with E-state index in [1.807, 2.05) is 30.3 Å². The summed E-state index contributed by atoms with van der Waals surface area (Å²) in [6.07, 6.45) is 0. The van der Waals surface area contributed by atoms with Gasteiger partial charge < -0.3 is 10.5 Å². The monoisotopic (exact) mass is 242 g/mol. The number of benzene rings is 2. The highest BCUT2D eigenvalue weighted by Gasteiger charge is 2.15. The van der Waals surface area contributed by atoms with Crippen LogP contribution < -0.4 is 10.5 Å². The quantitative estimate of drug-likeness (QED) is 0.661. The number of methoxy groups -OCH3 is 1. The van der Waals surface area contributed by atoms with Crippen LogP contribution >= 0.6 is 0 Å². The zero-order valence-corrected chi connectivity index (χ0v) is 10.0. The molecule has 0 amide bonds. The number of nitrogens with two attached hydrogens (primary N) is 1. The Kier molecular flexibility index (Phi) is 3.57. The lowest BCUT2D eigenvalue weighted by molar-refractivity contribution is 0.417. The first-order chi connectivity index (χ1) is 8.76. The third-order valence-corrected chi connectivity index (χ3v) is 2.79. The van der Waals surface area contributed by atoms with Crippen molar-refractivity contribution >= 4 is 5.69 Å². The molecule has 4 nitrogen and oxygen atoms in total. The molecule has 0 aliphatic carbocycles. The van der Waals surface area contributed by atoms with Crippen molar-refractivity contribution in [3.05, 3.63) is 64.6 Å². The van der Waals surface area contributed by atoms with Crippen LogP contribution in [0.3, 0.4) is 0 Å². The lowest BCUT2D eigenvalue weighted by Crippen LogP contribution is -2.00. The van der Waals surface area contributed by atoms with Crippen LogP contribution in [0, 0.1) is 4.91 Å². The minimum atomic E-state index is -0.542. The minimum Gasteiger partial charge on any atom is -0.495 e. The van der Waals surface area contributed by atoms with E-state index in [0.29, 0.717) is 11.4 Å². The second-order valence-corrected chi connectivity index (χ2v) is 3.92. The Morgan fingerprint density at radius 3 is 2.39 bits per heavy atom. The molecule has 92 valence electrons. The lowest BCUT2D eigenvalue weighted by atomic mass is 9.99. The molecule has 1 unspecified atom stereocenters. The maximum absolute atomic E-state index is 11.0. The van der Waals surface area contributed by atoms with Gasteiger partial charge in [0.1, 0.15) is 11.8 Å². The molecule has 4 heteroatoms. The zero-order chi connectivity index (χ0) is 13.0. The first kappa shape index (κ1) is 12.1. The molecule has 2 aromatic rings. The molecule has 0 bridgehead atoms. The summed E-state index contributed by atoms with van der Waals surface area (Å²) < 4.78 is 5.09. The van der Waals surface area contributed by atoms with Crippen molar-refractivity contribution < 1.29 is 4.74 Å². The van der Waals surface area contributed by atoms with E-state index in [9.17, 15) is 4.91 Å². The molecule has 0 radical (unpaired) electrons. The highest BCUT2D eigenvalue weighted by atomic mass is 16.5. The van der Waals surface area contributed by atoms with Crippen LogP contribution in [0.2, 0.25) is 0 Å². The van der Waals surface area contributed by atoms with Crippen molar-refractivity contribution in [3.8, 4) is 5.75 Å². The summed E-state index contributed by atoms with van der Waals surface area (Å²) in [6, 6.07) is 14.1. The second kappa shape index (κ2) is 5.31. The van der Waals surface area contributed by atoms with Crippen molar-refractivity contribution in [2.45, 2.75) is 6.04 Å². The number of nitroso groups, excluding NO2 is 1. The van der Waals surface area contributed by atoms with Crippen LogP contribution in [0.15, 0.2) is 53.7 Å². The summed E-state index contributed by atoms with van der Waals surface area (Å²) in [7, 11) is 1.55. The molecule has 0 aliphatic heterocycles. The van der Waals surface area contributed by atoms with Crippen molar-refractivity contribution in [2.75, 3.05) is 12.8 Å². The number of anilines is 1. The van der Waals surface area contributed by atoms with Gasteiger partial charge in [-0.1, -0.05) is 41.6 Å². The SMILES string of the molecule is COc1ccc(C(N=O)c2ccccc2)cc1N. The number of nitrogen functional groups attached to an aromatic ring is 1. The molecule has 1 atom stereocenters. The third-order valence-electron chi connectivity index (χ3n) is 2.79. The lowest BCUT2D eigenvalue weighted by Gasteiger charge is -2.12. The number of ether oxygens (including phenoxy) is 1. The maximum Gasteiger partial charge on any atom is 0.142 e. The molecule has 18 heavy (non-hydrogen) atoms. The molecule has 2 N–H and O–H groups in total. The molecule has 2 rings (SSSR count). The average Bonchev–Trinajstić information content (AvgIpc) is 2.41. The Labute approximate surface area is 105 Å². The first-order valence-corrected chi connectivity index (χ1v) is 5.57. The predicted octanol–water partition coefficient (Wildman–Crippen LogP) is 3.13. The normalized spacial score (nSPS) is 11.8. The molecule has 0 spiro atoms. The topological polar surface area (TPSA) is 64.7 Å². The molecule has 0 aromatic heterocycles. The largest absolute Gasteiger partial charge is 0.495 e. The number of rotatable bonds is 4. The van der Waals surface area contributed by atoms with Crippen molar-refractivity contribution in [2.24, 2.45) is 5.18 Å². The fourth-order valence-corrected chi connectivity index (χ4v) is 1.87. The predicted molar refractivity (Wildman–Crippen MR) is 71.5 cm³/mol. The van der Waals surface area contributed by atoms with Gasteiger partial charge in [-0.2, -0.15) is 0 Å². The highest BCUT2D eigenvalue weighted by Crippen LogP contribution is 2.30. The molecule has 0 aliphatic rings. The Bertz CT molecular complexity index is 541. The fraction of sp³-hybridized carbons (Fsp3) is 0.143. The number of nitrogens with zero attached hydrogens (tertiary/aromatic N) is 1. The van der Waals surface area contributed by atoms with Gasteiger partial charge in [0.2, 0.25) is 0 Å². The van der Waals surface area contributed by atoms with Gasteiger partial charge in [-0.05, 0) is 23.3 Å². The summed E-state index contributed by atoms with van der Waals surface area (Å²) in [5, 5.41) is 3.18. The van der Waals surface area contributed by atoms with Crippen LogP contribution in [0.1, 0.15) is 17.2 Å². The average molecular weight is 242 g/mol. The van der Waals surface area contributed by atoms with Crippen LogP contribution in [0.4, 0.5) is 5.69 Å². The zero-order valence-electron chi connectivity index (χ0n) is 10.0. The Hall–Kier alpha value is -2.36. The standard InChI is InChI=1S/C14H14N2O2/c1-18-13-8-7-11(9-12(13)15)14(16-17)10-5-3-2-4-6-10/h2-9,14H,15H2,1H3. The molecule has 0 heterocycles. The summed E-state index contributed by atoms with van der Waals surface area (Å²) in [6.45, 7) is 0. The fourth-order valence-electron chi connectivity index (χ4n) is 1.87. The Morgan fingerprint density at radius 2 is 1.83 bits per heavy atom. The van der Waals surface area contributed by atoms with Crippen LogP contribution in [0.25, 0.3) is 0 Å². The molecular formula is C14H14N2O2. The molecular weight excluding hydrogens is 228 g/mol. The van der Waals surface area contributed by atoms with Gasteiger partial charge in [0.05, 0.1) is 12.8 Å². The van der Waals surface area contributed by atoms with Crippen LogP contribution in [0.5, 0.6) is 5.75 Å². The summed E-state index contributed by atoms with van der Waals surface area (Å²) in [4.78, 5) is 11.0. The van der Waals surface area contributed by atoms with Crippen LogP contribution in [-0.4, -0.2) is 7.11 Å². The van der Waals surface area contributed by atoms with E-state index in [0.717, 1.165) is 11.1 Å². The Morgan fingerprint density at radius 1 is 1.11 bits per heavy atom. The van der Waals surface area contributed by atoms with E-state index in [4.69, 9.17) is 10.5 Å². The van der Waals surface area contributed by atoms with Crippen molar-refractivity contribution in [3.63, 3.8) is 0 Å². The minimum absolute atomic E-state index is 0.500. The van der Waals surface area contributed by atoms with Gasteiger partial charge in [0.15, 0.2) is 0 Å². The van der Waals surface area contributed by atoms with E-state index in [-0.39, 0.29) is 0 Å². The first-order valence-electron chi connectivity index (χ1n) is 5.57. The van der Waals surface area contributed by atoms with Crippen molar-refractivity contribution in [1.82, 2.24) is 0 Å². The highest BCUT2D eigenvalue weighted by molar-refractivity contribution is 5.55. The van der Waals surface area contributed by atoms with Gasteiger partial charge in [-0.25, -0.2) is 0 Å². The summed E-state index contributed by atoms with van der Waals surface area (Å²) in [5.74, 6) is 0.594. The van der Waals surface area contributed by atoms with Gasteiger partial charge in [-0.15, -0.1) is 4.91 Å². The van der Waals surface area contributed by atoms with Gasteiger partial charge in [0.25, 0.3) is 0 Å². The number of hydrogen-bond donors (Lipinski definition) is 1. The molecule has 0 saturated heterocycles. The van der Waals surface area contributed by atoms with Gasteiger partial charge in [0, 0.05) is 0 Å². The molecule has 2 aromatic carbocycles. The van der Waals surface area contributed by atoms with E-state index in [2.05, 4.69) is 5.18 Å². The number of hydrogen-bond acceptors (Lipinski definition) is 4. The summed E-state index contributed by atoms with van der Waals surface area (Å²) >= 11 is 0. The smallest absolute Gasteiger partial charge is 0.142 e. The molecule has 0 saturated carbocycles. The second-order valence-electron chi connectivity index (χ2n) is 3.92. The van der Waals surface area contributed by atoms with Gasteiger partial charge >= 0.3 is 0 Å². The van der Waals surface area contributed by atoms with E-state index in [1.54, 1.807) is 25.3 Å². The van der Waals surface area contributed by atoms with E-state index < -0.39 is 6.04 Å². The maximum atomic E-state index is 11.0.